The van der Waals surface area contributed by atoms with Crippen LogP contribution in [0.1, 0.15) is 12.5 Å². The molecule has 0 unspecified atom stereocenters. The van der Waals surface area contributed by atoms with Gasteiger partial charge in [-0.3, -0.25) is 5.43 Å². The maximum atomic E-state index is 9.28. The van der Waals surface area contributed by atoms with E-state index in [1.54, 1.807) is 12.1 Å². The molecule has 4 nitrogen and oxygen atoms in total. The maximum Gasteiger partial charge on any atom is 0.184 e. The molecule has 0 aliphatic rings. The van der Waals surface area contributed by atoms with Gasteiger partial charge in [-0.05, 0) is 48.0 Å². The van der Waals surface area contributed by atoms with E-state index in [0.717, 1.165) is 22.4 Å². The molecule has 0 bridgehead atoms. The van der Waals surface area contributed by atoms with Crippen LogP contribution >= 0.6 is 12.2 Å². The average Bonchev–Trinajstić information content (AvgIpc) is 2.46. The lowest BCUT2D eigenvalue weighted by atomic mass is 10.0. The molecule has 2 rings (SSSR count). The van der Waals surface area contributed by atoms with Crippen molar-refractivity contribution in [3.63, 3.8) is 0 Å². The Morgan fingerprint density at radius 1 is 1.05 bits per heavy atom. The Hall–Kier alpha value is -2.40. The number of rotatable bonds is 3. The number of phenols is 1. The lowest BCUT2D eigenvalue weighted by Crippen LogP contribution is -2.25. The van der Waals surface area contributed by atoms with E-state index in [4.69, 9.17) is 18.0 Å². The highest BCUT2D eigenvalue weighted by Gasteiger charge is 2.01. The molecule has 0 spiro atoms. The van der Waals surface area contributed by atoms with E-state index in [-0.39, 0.29) is 10.9 Å². The van der Waals surface area contributed by atoms with Crippen molar-refractivity contribution in [1.82, 2.24) is 5.43 Å². The van der Waals surface area contributed by atoms with Crippen LogP contribution in [-0.2, 0) is 0 Å². The monoisotopic (exact) mass is 285 g/mol. The van der Waals surface area contributed by atoms with Crippen LogP contribution in [0.25, 0.3) is 11.1 Å². The highest BCUT2D eigenvalue weighted by atomic mass is 32.1. The summed E-state index contributed by atoms with van der Waals surface area (Å²) in [5, 5.41) is 13.5. The molecule has 0 aliphatic heterocycles. The maximum absolute atomic E-state index is 9.28. The van der Waals surface area contributed by atoms with Crippen molar-refractivity contribution in [2.45, 2.75) is 6.92 Å². The van der Waals surface area contributed by atoms with Crippen molar-refractivity contribution in [1.29, 1.82) is 0 Å². The molecule has 0 atom stereocenters. The van der Waals surface area contributed by atoms with Gasteiger partial charge in [-0.1, -0.05) is 36.4 Å². The van der Waals surface area contributed by atoms with E-state index in [9.17, 15) is 5.11 Å². The normalized spacial score (nSPS) is 11.2. The second kappa shape index (κ2) is 6.16. The molecule has 20 heavy (non-hydrogen) atoms. The number of phenolic OH excluding ortho intramolecular Hbond substituents is 1. The number of benzene rings is 2. The van der Waals surface area contributed by atoms with E-state index < -0.39 is 0 Å². The number of aromatic hydroxyl groups is 1. The van der Waals surface area contributed by atoms with Gasteiger partial charge >= 0.3 is 0 Å². The zero-order chi connectivity index (χ0) is 14.5. The highest BCUT2D eigenvalue weighted by molar-refractivity contribution is 7.80. The quantitative estimate of drug-likeness (QED) is 0.460. The van der Waals surface area contributed by atoms with Crippen LogP contribution in [0, 0.1) is 0 Å². The molecule has 0 radical (unpaired) electrons. The van der Waals surface area contributed by atoms with Crippen LogP contribution in [0.5, 0.6) is 5.75 Å². The smallest absolute Gasteiger partial charge is 0.184 e. The van der Waals surface area contributed by atoms with Crippen molar-refractivity contribution < 1.29 is 5.11 Å². The minimum atomic E-state index is 0.144. The zero-order valence-electron chi connectivity index (χ0n) is 11.0. The fraction of sp³-hybridized carbons (Fsp3) is 0.0667. The van der Waals surface area contributed by atoms with Crippen LogP contribution in [0.15, 0.2) is 53.6 Å². The SMILES string of the molecule is C/C(=N\NC(N)=S)c1ccc(-c2ccc(O)cc2)cc1. The summed E-state index contributed by atoms with van der Waals surface area (Å²) in [4.78, 5) is 0. The molecule has 0 saturated carbocycles. The van der Waals surface area contributed by atoms with Crippen molar-refractivity contribution >= 4 is 23.0 Å². The lowest BCUT2D eigenvalue weighted by Gasteiger charge is -2.05. The standard InChI is InChI=1S/C15H15N3OS/c1-10(17-18-15(16)20)11-2-4-12(5-3-11)13-6-8-14(19)9-7-13/h2-9,19H,1H3,(H3,16,18,20)/b17-10+. The minimum absolute atomic E-state index is 0.144. The first-order valence-electron chi connectivity index (χ1n) is 6.06. The summed E-state index contributed by atoms with van der Waals surface area (Å²) in [5.41, 5.74) is 11.8. The fourth-order valence-corrected chi connectivity index (χ4v) is 1.81. The van der Waals surface area contributed by atoms with Crippen LogP contribution in [0.3, 0.4) is 0 Å². The Morgan fingerprint density at radius 2 is 1.55 bits per heavy atom. The van der Waals surface area contributed by atoms with Gasteiger partial charge in [0.25, 0.3) is 0 Å². The summed E-state index contributed by atoms with van der Waals surface area (Å²) in [6.07, 6.45) is 0. The van der Waals surface area contributed by atoms with Crippen LogP contribution in [0.2, 0.25) is 0 Å². The van der Waals surface area contributed by atoms with Crippen molar-refractivity contribution in [3.8, 4) is 16.9 Å². The van der Waals surface area contributed by atoms with Crippen molar-refractivity contribution in [2.24, 2.45) is 10.8 Å². The van der Waals surface area contributed by atoms with E-state index in [1.165, 1.54) is 0 Å². The van der Waals surface area contributed by atoms with Gasteiger partial charge in [0.1, 0.15) is 5.75 Å². The number of nitrogens with two attached hydrogens (primary N) is 1. The Morgan fingerprint density at radius 3 is 2.05 bits per heavy atom. The minimum Gasteiger partial charge on any atom is -0.508 e. The van der Waals surface area contributed by atoms with Gasteiger partial charge in [-0.15, -0.1) is 0 Å². The second-order valence-electron chi connectivity index (χ2n) is 4.30. The average molecular weight is 285 g/mol. The molecule has 0 heterocycles. The first kappa shape index (κ1) is 14.0. The Balaban J connectivity index is 2.19. The second-order valence-corrected chi connectivity index (χ2v) is 4.74. The predicted molar refractivity (Wildman–Crippen MR) is 85.7 cm³/mol. The largest absolute Gasteiger partial charge is 0.508 e. The molecule has 102 valence electrons. The summed E-state index contributed by atoms with van der Waals surface area (Å²) in [6.45, 7) is 1.88. The van der Waals surface area contributed by atoms with Gasteiger partial charge in [0.05, 0.1) is 5.71 Å². The number of hydrogen-bond donors (Lipinski definition) is 3. The molecular weight excluding hydrogens is 270 g/mol. The first-order valence-corrected chi connectivity index (χ1v) is 6.46. The molecule has 5 heteroatoms. The van der Waals surface area contributed by atoms with Crippen LogP contribution in [-0.4, -0.2) is 15.9 Å². The van der Waals surface area contributed by atoms with E-state index >= 15 is 0 Å². The molecule has 2 aromatic carbocycles. The number of hydrazone groups is 1. The van der Waals surface area contributed by atoms with Gasteiger partial charge in [0.2, 0.25) is 0 Å². The molecule has 2 aromatic rings. The Kier molecular flexibility index (Phi) is 4.32. The lowest BCUT2D eigenvalue weighted by molar-refractivity contribution is 0.475. The fourth-order valence-electron chi connectivity index (χ4n) is 1.76. The van der Waals surface area contributed by atoms with Crippen LogP contribution < -0.4 is 11.2 Å². The van der Waals surface area contributed by atoms with Gasteiger partial charge in [0.15, 0.2) is 5.11 Å². The molecule has 4 N–H and O–H groups in total. The molecular formula is C15H15N3OS. The van der Waals surface area contributed by atoms with Crippen molar-refractivity contribution in [2.75, 3.05) is 0 Å². The zero-order valence-corrected chi connectivity index (χ0v) is 11.8. The summed E-state index contributed by atoms with van der Waals surface area (Å²) >= 11 is 4.70. The molecule has 0 fully saturated rings. The number of thiocarbonyl (C=S) groups is 1. The molecule has 0 saturated heterocycles. The van der Waals surface area contributed by atoms with Gasteiger partial charge in [-0.2, -0.15) is 5.10 Å². The Labute approximate surface area is 122 Å². The van der Waals surface area contributed by atoms with Gasteiger partial charge in [0, 0.05) is 0 Å². The van der Waals surface area contributed by atoms with Gasteiger partial charge < -0.3 is 10.8 Å². The third-order valence-electron chi connectivity index (χ3n) is 2.84. The number of nitrogens with one attached hydrogen (secondary N) is 1. The summed E-state index contributed by atoms with van der Waals surface area (Å²) < 4.78 is 0. The Bertz CT molecular complexity index is 633. The van der Waals surface area contributed by atoms with E-state index in [1.807, 2.05) is 43.3 Å². The third kappa shape index (κ3) is 3.55. The third-order valence-corrected chi connectivity index (χ3v) is 2.93. The topological polar surface area (TPSA) is 70.6 Å². The van der Waals surface area contributed by atoms with E-state index in [0.29, 0.717) is 0 Å². The van der Waals surface area contributed by atoms with Gasteiger partial charge in [-0.25, -0.2) is 0 Å². The highest BCUT2D eigenvalue weighted by Crippen LogP contribution is 2.22. The van der Waals surface area contributed by atoms with E-state index in [2.05, 4.69) is 10.5 Å². The number of hydrogen-bond acceptors (Lipinski definition) is 3. The van der Waals surface area contributed by atoms with Crippen LogP contribution in [0.4, 0.5) is 0 Å². The summed E-state index contributed by atoms with van der Waals surface area (Å²) in [7, 11) is 0. The number of nitrogens with zero attached hydrogens (tertiary/aromatic N) is 1. The molecule has 0 aromatic heterocycles. The molecule has 0 amide bonds. The summed E-state index contributed by atoms with van der Waals surface area (Å²) in [5.74, 6) is 0.261. The molecule has 0 aliphatic carbocycles. The summed E-state index contributed by atoms with van der Waals surface area (Å²) in [6, 6.07) is 15.0. The first-order chi connectivity index (χ1) is 9.56. The van der Waals surface area contributed by atoms with Crippen molar-refractivity contribution in [3.05, 3.63) is 54.1 Å². The predicted octanol–water partition coefficient (Wildman–Crippen LogP) is 2.62.